The van der Waals surface area contributed by atoms with E-state index < -0.39 is 41.7 Å². The van der Waals surface area contributed by atoms with Crippen molar-refractivity contribution in [2.75, 3.05) is 6.54 Å². The van der Waals surface area contributed by atoms with E-state index in [4.69, 9.17) is 25.7 Å². The molecule has 12 heteroatoms. The van der Waals surface area contributed by atoms with E-state index >= 15 is 0 Å². The number of imide groups is 1. The van der Waals surface area contributed by atoms with E-state index in [2.05, 4.69) is 4.99 Å². The monoisotopic (exact) mass is 542 g/mol. The number of rotatable bonds is 11. The lowest BCUT2D eigenvalue weighted by Crippen LogP contribution is -2.65. The maximum atomic E-state index is 13.6. The molecule has 5 N–H and O–H groups in total. The summed E-state index contributed by atoms with van der Waals surface area (Å²) in [5.74, 6) is -3.45. The van der Waals surface area contributed by atoms with E-state index in [1.54, 1.807) is 60.7 Å². The first-order chi connectivity index (χ1) is 18.4. The molecule has 2 aromatic carbocycles. The number of carbonyl (C=O) groups is 4. The Bertz CT molecular complexity index is 1160. The number of hydrogen-bond donors (Lipinski definition) is 3. The lowest BCUT2D eigenvalue weighted by atomic mass is 9.91. The number of nitrogens with zero attached hydrogens (tertiary/aromatic N) is 2. The van der Waals surface area contributed by atoms with E-state index in [9.17, 15) is 24.3 Å². The smallest absolute Gasteiger partial charge is 0.421 e. The van der Waals surface area contributed by atoms with Gasteiger partial charge in [-0.1, -0.05) is 60.7 Å². The molecule has 0 aromatic heterocycles. The van der Waals surface area contributed by atoms with Crippen LogP contribution in [-0.4, -0.2) is 57.8 Å². The van der Waals surface area contributed by atoms with Crippen LogP contribution in [0.4, 0.5) is 9.59 Å². The van der Waals surface area contributed by atoms with Crippen molar-refractivity contribution in [2.45, 2.75) is 58.0 Å². The summed E-state index contributed by atoms with van der Waals surface area (Å²) in [4.78, 5) is 57.1. The van der Waals surface area contributed by atoms with E-state index in [1.807, 2.05) is 0 Å². The predicted octanol–water partition coefficient (Wildman–Crippen LogP) is 3.18. The first kappa shape index (κ1) is 30.6. The Balaban J connectivity index is 2.53. The van der Waals surface area contributed by atoms with Crippen LogP contribution < -0.4 is 11.5 Å². The highest BCUT2D eigenvalue weighted by atomic mass is 16.6. The Kier molecular flexibility index (Phi) is 10.8. The third kappa shape index (κ3) is 9.02. The number of carbonyl (C=O) groups excluding carboxylic acids is 3. The highest BCUT2D eigenvalue weighted by molar-refractivity contribution is 6.10. The van der Waals surface area contributed by atoms with Crippen LogP contribution >= 0.6 is 0 Å². The van der Waals surface area contributed by atoms with Gasteiger partial charge >= 0.3 is 24.1 Å². The van der Waals surface area contributed by atoms with Gasteiger partial charge in [-0.25, -0.2) is 19.2 Å². The fourth-order valence-corrected chi connectivity index (χ4v) is 3.46. The van der Waals surface area contributed by atoms with Crippen molar-refractivity contribution in [1.29, 1.82) is 0 Å². The summed E-state index contributed by atoms with van der Waals surface area (Å²) in [5.41, 5.74) is 7.83. The highest BCUT2D eigenvalue weighted by Gasteiger charge is 2.59. The lowest BCUT2D eigenvalue weighted by Gasteiger charge is -2.36. The summed E-state index contributed by atoms with van der Waals surface area (Å²) >= 11 is 0. The molecule has 0 bridgehead atoms. The normalized spacial score (nSPS) is 12.4. The fourth-order valence-electron chi connectivity index (χ4n) is 3.46. The first-order valence-electron chi connectivity index (χ1n) is 12.1. The van der Waals surface area contributed by atoms with Gasteiger partial charge in [-0.3, -0.25) is 4.99 Å². The van der Waals surface area contributed by atoms with Crippen molar-refractivity contribution in [3.63, 3.8) is 0 Å². The SMILES string of the molecule is CC(C)(C)OC(=O)N(C(=O)OCc1ccccc1)[C@@](CCCN=C(N)N)(C(=O)O)C(=O)OCc1ccccc1. The third-order valence-corrected chi connectivity index (χ3v) is 5.24. The minimum absolute atomic E-state index is 0.0927. The molecule has 0 aliphatic heterocycles. The molecule has 0 aliphatic rings. The molecule has 12 nitrogen and oxygen atoms in total. The van der Waals surface area contributed by atoms with Crippen LogP contribution in [0.2, 0.25) is 0 Å². The third-order valence-electron chi connectivity index (χ3n) is 5.24. The number of guanidine groups is 1. The number of nitrogens with two attached hydrogens (primary N) is 2. The molecular weight excluding hydrogens is 508 g/mol. The van der Waals surface area contributed by atoms with Crippen molar-refractivity contribution in [3.8, 4) is 0 Å². The minimum atomic E-state index is -2.86. The van der Waals surface area contributed by atoms with Gasteiger partial charge in [-0.2, -0.15) is 4.90 Å². The van der Waals surface area contributed by atoms with Gasteiger partial charge in [0.25, 0.3) is 5.54 Å². The van der Waals surface area contributed by atoms with Gasteiger partial charge in [0, 0.05) is 6.54 Å². The second kappa shape index (κ2) is 13.8. The summed E-state index contributed by atoms with van der Waals surface area (Å²) in [5, 5.41) is 10.4. The van der Waals surface area contributed by atoms with Gasteiger partial charge < -0.3 is 30.8 Å². The summed E-state index contributed by atoms with van der Waals surface area (Å²) in [7, 11) is 0. The summed E-state index contributed by atoms with van der Waals surface area (Å²) < 4.78 is 16.0. The number of benzene rings is 2. The van der Waals surface area contributed by atoms with Gasteiger partial charge in [-0.15, -0.1) is 0 Å². The second-order valence-corrected chi connectivity index (χ2v) is 9.49. The van der Waals surface area contributed by atoms with Crippen molar-refractivity contribution in [1.82, 2.24) is 4.90 Å². The maximum absolute atomic E-state index is 13.6. The van der Waals surface area contributed by atoms with E-state index in [0.29, 0.717) is 11.1 Å². The molecule has 0 heterocycles. The predicted molar refractivity (Wildman–Crippen MR) is 141 cm³/mol. The van der Waals surface area contributed by atoms with E-state index in [-0.39, 0.29) is 37.0 Å². The largest absolute Gasteiger partial charge is 0.479 e. The van der Waals surface area contributed by atoms with Gasteiger partial charge in [0.15, 0.2) is 5.96 Å². The van der Waals surface area contributed by atoms with Gasteiger partial charge in [0.05, 0.1) is 0 Å². The fraction of sp³-hybridized carbons (Fsp3) is 0.370. The maximum Gasteiger partial charge on any atom is 0.421 e. The summed E-state index contributed by atoms with van der Waals surface area (Å²) in [6, 6.07) is 17.0. The van der Waals surface area contributed by atoms with Crippen LogP contribution in [0, 0.1) is 0 Å². The number of carboxylic acids is 1. The van der Waals surface area contributed by atoms with Gasteiger partial charge in [0.1, 0.15) is 18.8 Å². The van der Waals surface area contributed by atoms with Crippen LogP contribution in [0.1, 0.15) is 44.7 Å². The zero-order valence-electron chi connectivity index (χ0n) is 22.2. The molecule has 1 atom stereocenters. The summed E-state index contributed by atoms with van der Waals surface area (Å²) in [6.07, 6.45) is -3.52. The van der Waals surface area contributed by atoms with Crippen LogP contribution in [0.3, 0.4) is 0 Å². The van der Waals surface area contributed by atoms with Crippen LogP contribution in [0.15, 0.2) is 65.7 Å². The molecule has 0 saturated heterocycles. The standard InChI is InChI=1S/C27H34N4O8/c1-26(2,3)39-25(36)31(24(35)38-18-20-13-8-5-9-14-20)27(21(32)33,15-10-16-30-23(28)29)22(34)37-17-19-11-6-4-7-12-19/h4-9,11-14H,10,15-18H2,1-3H3,(H,32,33)(H4,28,29,30)/t27-/m0/s1. The van der Waals surface area contributed by atoms with Gasteiger partial charge in [0.2, 0.25) is 0 Å². The molecule has 0 fully saturated rings. The number of aliphatic imine (C=N–C) groups is 1. The Morgan fingerprint density at radius 2 is 1.36 bits per heavy atom. The Hall–Kier alpha value is -4.61. The second-order valence-electron chi connectivity index (χ2n) is 9.49. The number of amides is 2. The van der Waals surface area contributed by atoms with Crippen molar-refractivity contribution in [3.05, 3.63) is 71.8 Å². The number of ether oxygens (including phenoxy) is 3. The van der Waals surface area contributed by atoms with Crippen molar-refractivity contribution < 1.29 is 38.5 Å². The van der Waals surface area contributed by atoms with Crippen molar-refractivity contribution in [2.24, 2.45) is 16.5 Å². The molecule has 2 rings (SSSR count). The Morgan fingerprint density at radius 3 is 1.82 bits per heavy atom. The minimum Gasteiger partial charge on any atom is -0.479 e. The number of hydrogen-bond acceptors (Lipinski definition) is 8. The molecule has 0 saturated carbocycles. The summed E-state index contributed by atoms with van der Waals surface area (Å²) in [6.45, 7) is 3.85. The molecular formula is C27H34N4O8. The topological polar surface area (TPSA) is 184 Å². The number of aliphatic carboxylic acids is 1. The zero-order valence-corrected chi connectivity index (χ0v) is 22.2. The Labute approximate surface area is 226 Å². The quantitative estimate of drug-likeness (QED) is 0.0951. The number of esters is 1. The molecule has 39 heavy (non-hydrogen) atoms. The first-order valence-corrected chi connectivity index (χ1v) is 12.1. The molecule has 210 valence electrons. The molecule has 0 radical (unpaired) electrons. The molecule has 0 unspecified atom stereocenters. The van der Waals surface area contributed by atoms with Crippen LogP contribution in [-0.2, 0) is 37.0 Å². The molecule has 2 aromatic rings. The number of carboxylic acid groups (broad SMARTS) is 1. The van der Waals surface area contributed by atoms with Crippen molar-refractivity contribution >= 4 is 30.1 Å². The highest BCUT2D eigenvalue weighted by Crippen LogP contribution is 2.29. The average molecular weight is 543 g/mol. The van der Waals surface area contributed by atoms with Gasteiger partial charge in [-0.05, 0) is 44.7 Å². The zero-order chi connectivity index (χ0) is 29.1. The average Bonchev–Trinajstić information content (AvgIpc) is 2.87. The molecule has 2 amide bonds. The van der Waals surface area contributed by atoms with E-state index in [0.717, 1.165) is 0 Å². The lowest BCUT2D eigenvalue weighted by molar-refractivity contribution is -0.172. The molecule has 0 spiro atoms. The Morgan fingerprint density at radius 1 is 0.846 bits per heavy atom. The van der Waals surface area contributed by atoms with E-state index in [1.165, 1.54) is 20.8 Å². The van der Waals surface area contributed by atoms with Crippen LogP contribution in [0.5, 0.6) is 0 Å². The molecule has 0 aliphatic carbocycles. The van der Waals surface area contributed by atoms with Crippen LogP contribution in [0.25, 0.3) is 0 Å².